The van der Waals surface area contributed by atoms with Gasteiger partial charge >= 0.3 is 0 Å². The van der Waals surface area contributed by atoms with Crippen molar-refractivity contribution in [2.24, 2.45) is 5.10 Å². The van der Waals surface area contributed by atoms with E-state index < -0.39 is 0 Å². The first-order chi connectivity index (χ1) is 15.1. The average molecular weight is 514 g/mol. The number of halogens is 2. The van der Waals surface area contributed by atoms with Crippen molar-refractivity contribution in [3.8, 4) is 17.0 Å². The minimum absolute atomic E-state index is 0.0284. The second kappa shape index (κ2) is 8.53. The van der Waals surface area contributed by atoms with Crippen molar-refractivity contribution in [2.75, 3.05) is 12.1 Å². The minimum atomic E-state index is -0.241. The Balaban J connectivity index is 1.51. The molecule has 0 radical (unpaired) electrons. The molecule has 0 spiro atoms. The summed E-state index contributed by atoms with van der Waals surface area (Å²) in [5, 5.41) is 11.8. The first-order valence-corrected chi connectivity index (χ1v) is 12.1. The van der Waals surface area contributed by atoms with Crippen LogP contribution in [0.5, 0.6) is 5.75 Å². The molecule has 4 nitrogen and oxygen atoms in total. The molecule has 8 heteroatoms. The van der Waals surface area contributed by atoms with E-state index in [2.05, 4.69) is 27.4 Å². The summed E-state index contributed by atoms with van der Waals surface area (Å²) in [5.74, 6) is 0.537. The fourth-order valence-electron chi connectivity index (χ4n) is 3.55. The first-order valence-electron chi connectivity index (χ1n) is 9.58. The molecule has 1 aliphatic rings. The molecule has 2 aromatic carbocycles. The highest BCUT2D eigenvalue weighted by Gasteiger charge is 2.32. The lowest BCUT2D eigenvalue weighted by Crippen LogP contribution is -2.18. The molecule has 3 heterocycles. The predicted molar refractivity (Wildman–Crippen MR) is 129 cm³/mol. The summed E-state index contributed by atoms with van der Waals surface area (Å²) in [5.41, 5.74) is 3.91. The Hall–Kier alpha value is -2.55. The van der Waals surface area contributed by atoms with E-state index in [0.29, 0.717) is 0 Å². The maximum absolute atomic E-state index is 13.5. The second-order valence-corrected chi connectivity index (χ2v) is 9.64. The third-order valence-corrected chi connectivity index (χ3v) is 7.48. The van der Waals surface area contributed by atoms with Crippen LogP contribution in [0.15, 0.2) is 74.9 Å². The Morgan fingerprint density at radius 1 is 1.13 bits per heavy atom. The van der Waals surface area contributed by atoms with Gasteiger partial charge in [0.15, 0.2) is 0 Å². The van der Waals surface area contributed by atoms with Crippen LogP contribution in [0.1, 0.15) is 22.9 Å². The molecule has 0 amide bonds. The Morgan fingerprint density at radius 2 is 1.97 bits per heavy atom. The lowest BCUT2D eigenvalue weighted by Gasteiger charge is -2.21. The fourth-order valence-corrected chi connectivity index (χ4v) is 5.65. The number of hydrogen-bond donors (Lipinski definition) is 0. The van der Waals surface area contributed by atoms with Crippen LogP contribution in [-0.2, 0) is 0 Å². The van der Waals surface area contributed by atoms with Gasteiger partial charge in [-0.1, -0.05) is 18.2 Å². The van der Waals surface area contributed by atoms with Gasteiger partial charge in [-0.25, -0.2) is 14.4 Å². The van der Waals surface area contributed by atoms with Gasteiger partial charge in [0.25, 0.3) is 0 Å². The van der Waals surface area contributed by atoms with Gasteiger partial charge in [0.1, 0.15) is 11.6 Å². The monoisotopic (exact) mass is 513 g/mol. The topological polar surface area (TPSA) is 37.7 Å². The number of hydrogen-bond acceptors (Lipinski definition) is 6. The van der Waals surface area contributed by atoms with Gasteiger partial charge in [-0.3, -0.25) is 0 Å². The zero-order valence-electron chi connectivity index (χ0n) is 16.5. The molecule has 0 N–H and O–H groups in total. The molecule has 1 unspecified atom stereocenters. The van der Waals surface area contributed by atoms with Crippen molar-refractivity contribution >= 4 is 49.4 Å². The van der Waals surface area contributed by atoms with Gasteiger partial charge in [-0.2, -0.15) is 5.10 Å². The molecule has 1 aliphatic heterocycles. The highest BCUT2D eigenvalue weighted by molar-refractivity contribution is 9.10. The van der Waals surface area contributed by atoms with E-state index in [0.717, 1.165) is 49.2 Å². The number of thiazole rings is 1. The van der Waals surface area contributed by atoms with Crippen LogP contribution in [0, 0.1) is 5.82 Å². The molecule has 31 heavy (non-hydrogen) atoms. The maximum Gasteiger partial charge on any atom is 0.207 e. The normalized spacial score (nSPS) is 15.9. The number of nitrogens with zero attached hydrogens (tertiary/aromatic N) is 3. The first kappa shape index (κ1) is 20.4. The van der Waals surface area contributed by atoms with Gasteiger partial charge in [0.2, 0.25) is 5.13 Å². The molecule has 4 aromatic rings. The summed E-state index contributed by atoms with van der Waals surface area (Å²) >= 11 is 6.76. The largest absolute Gasteiger partial charge is 0.496 e. The average Bonchev–Trinajstić information content (AvgIpc) is 3.54. The number of aromatic nitrogens is 1. The molecule has 1 atom stereocenters. The molecule has 0 saturated heterocycles. The summed E-state index contributed by atoms with van der Waals surface area (Å²) < 4.78 is 19.7. The molecule has 156 valence electrons. The highest BCUT2D eigenvalue weighted by atomic mass is 79.9. The number of rotatable bonds is 5. The van der Waals surface area contributed by atoms with Crippen molar-refractivity contribution in [3.05, 3.63) is 86.1 Å². The van der Waals surface area contributed by atoms with E-state index in [4.69, 9.17) is 14.8 Å². The van der Waals surface area contributed by atoms with E-state index in [9.17, 15) is 4.39 Å². The molecule has 2 aromatic heterocycles. The van der Waals surface area contributed by atoms with Crippen molar-refractivity contribution in [2.45, 2.75) is 12.5 Å². The molecule has 0 fully saturated rings. The lowest BCUT2D eigenvalue weighted by atomic mass is 10.0. The number of anilines is 1. The number of ether oxygens (including phenoxy) is 1. The molecule has 0 aliphatic carbocycles. The van der Waals surface area contributed by atoms with Gasteiger partial charge in [0.05, 0.1) is 33.9 Å². The number of methoxy groups -OCH3 is 1. The Bertz CT molecular complexity index is 1240. The van der Waals surface area contributed by atoms with Crippen molar-refractivity contribution < 1.29 is 9.13 Å². The minimum Gasteiger partial charge on any atom is -0.496 e. The third kappa shape index (κ3) is 4.03. The van der Waals surface area contributed by atoms with E-state index in [1.165, 1.54) is 12.1 Å². The Kier molecular flexibility index (Phi) is 5.60. The lowest BCUT2D eigenvalue weighted by molar-refractivity contribution is 0.412. The van der Waals surface area contributed by atoms with E-state index in [1.54, 1.807) is 29.8 Å². The SMILES string of the molecule is COc1ccc(-c2csc(N3N=C(c4cccs4)CC3c3ccc(F)cc3)n2)cc1Br. The van der Waals surface area contributed by atoms with E-state index in [1.807, 2.05) is 46.8 Å². The van der Waals surface area contributed by atoms with Crippen molar-refractivity contribution in [3.63, 3.8) is 0 Å². The van der Waals surface area contributed by atoms with E-state index in [-0.39, 0.29) is 11.9 Å². The van der Waals surface area contributed by atoms with Crippen LogP contribution >= 0.6 is 38.6 Å². The quantitative estimate of drug-likeness (QED) is 0.284. The third-order valence-electron chi connectivity index (χ3n) is 5.11. The van der Waals surface area contributed by atoms with Crippen LogP contribution in [0.4, 0.5) is 9.52 Å². The summed E-state index contributed by atoms with van der Waals surface area (Å²) in [6.45, 7) is 0. The maximum atomic E-state index is 13.5. The van der Waals surface area contributed by atoms with Gasteiger partial charge in [0, 0.05) is 17.4 Å². The van der Waals surface area contributed by atoms with Crippen LogP contribution in [0.2, 0.25) is 0 Å². The van der Waals surface area contributed by atoms with Crippen molar-refractivity contribution in [1.82, 2.24) is 4.98 Å². The van der Waals surface area contributed by atoms with Crippen LogP contribution in [0.3, 0.4) is 0 Å². The van der Waals surface area contributed by atoms with Gasteiger partial charge in [-0.15, -0.1) is 22.7 Å². The summed E-state index contributed by atoms with van der Waals surface area (Å²) in [6, 6.07) is 16.6. The zero-order chi connectivity index (χ0) is 21.4. The summed E-state index contributed by atoms with van der Waals surface area (Å²) in [4.78, 5) is 6.02. The number of thiophene rings is 1. The molecule has 5 rings (SSSR count). The fraction of sp³-hybridized carbons (Fsp3) is 0.130. The Labute approximate surface area is 195 Å². The van der Waals surface area contributed by atoms with Gasteiger partial charge in [-0.05, 0) is 63.3 Å². The number of benzene rings is 2. The van der Waals surface area contributed by atoms with Crippen LogP contribution in [-0.4, -0.2) is 17.8 Å². The smallest absolute Gasteiger partial charge is 0.207 e. The van der Waals surface area contributed by atoms with Crippen molar-refractivity contribution in [1.29, 1.82) is 0 Å². The second-order valence-electron chi connectivity index (χ2n) is 7.00. The summed E-state index contributed by atoms with van der Waals surface area (Å²) in [7, 11) is 1.65. The van der Waals surface area contributed by atoms with Crippen LogP contribution in [0.25, 0.3) is 11.3 Å². The number of hydrazone groups is 1. The molecule has 0 bridgehead atoms. The van der Waals surface area contributed by atoms with Crippen LogP contribution < -0.4 is 9.75 Å². The van der Waals surface area contributed by atoms with Gasteiger partial charge < -0.3 is 4.74 Å². The zero-order valence-corrected chi connectivity index (χ0v) is 19.7. The standard InChI is InChI=1S/C23H17BrFN3OS2/c1-29-21-9-6-15(11-17(21)24)19-13-31-23(26-19)28-20(14-4-7-16(25)8-5-14)12-18(27-28)22-3-2-10-30-22/h2-11,13,20H,12H2,1H3. The predicted octanol–water partition coefficient (Wildman–Crippen LogP) is 7.14. The Morgan fingerprint density at radius 3 is 2.68 bits per heavy atom. The molecular formula is C23H17BrFN3OS2. The summed E-state index contributed by atoms with van der Waals surface area (Å²) in [6.07, 6.45) is 0.745. The highest BCUT2D eigenvalue weighted by Crippen LogP contribution is 2.40. The molecule has 0 saturated carbocycles. The van der Waals surface area contributed by atoms with E-state index >= 15 is 0 Å². The molecular weight excluding hydrogens is 497 g/mol.